The molecule has 0 fully saturated rings. The Bertz CT molecular complexity index is 435. The van der Waals surface area contributed by atoms with Crippen LogP contribution in [0.1, 0.15) is 10.4 Å². The SMILES string of the molecule is ClC(Cl)c1cccc(-c2cc[c]cc2)c1. The number of hydrogen-bond acceptors (Lipinski definition) is 0. The molecule has 0 saturated heterocycles. The average Bonchev–Trinajstić information content (AvgIpc) is 2.30. The second kappa shape index (κ2) is 4.69. The highest BCUT2D eigenvalue weighted by Gasteiger charge is 2.04. The minimum absolute atomic E-state index is 0.472. The molecule has 2 rings (SSSR count). The highest BCUT2D eigenvalue weighted by atomic mass is 35.5. The van der Waals surface area contributed by atoms with Crippen molar-refractivity contribution in [2.45, 2.75) is 4.84 Å². The summed E-state index contributed by atoms with van der Waals surface area (Å²) in [5.74, 6) is 0. The van der Waals surface area contributed by atoms with E-state index in [9.17, 15) is 0 Å². The Labute approximate surface area is 99.5 Å². The van der Waals surface area contributed by atoms with Crippen LogP contribution in [0.25, 0.3) is 11.1 Å². The minimum atomic E-state index is -0.472. The Morgan fingerprint density at radius 3 is 2.33 bits per heavy atom. The molecule has 0 nitrogen and oxygen atoms in total. The van der Waals surface area contributed by atoms with Crippen LogP contribution in [0.4, 0.5) is 0 Å². The van der Waals surface area contributed by atoms with Gasteiger partial charge in [-0.3, -0.25) is 0 Å². The number of alkyl halides is 2. The van der Waals surface area contributed by atoms with Gasteiger partial charge >= 0.3 is 0 Å². The standard InChI is InChI=1S/C13H9Cl2/c14-13(15)12-8-4-7-11(9-12)10-5-2-1-3-6-10/h2-9,13H. The molecule has 15 heavy (non-hydrogen) atoms. The van der Waals surface area contributed by atoms with Gasteiger partial charge in [0.05, 0.1) is 0 Å². The van der Waals surface area contributed by atoms with Crippen LogP contribution >= 0.6 is 23.2 Å². The average molecular weight is 236 g/mol. The first-order valence-electron chi connectivity index (χ1n) is 4.62. The summed E-state index contributed by atoms with van der Waals surface area (Å²) in [5.41, 5.74) is 3.18. The normalized spacial score (nSPS) is 10.6. The molecule has 2 aromatic carbocycles. The van der Waals surface area contributed by atoms with Crippen molar-refractivity contribution in [3.05, 3.63) is 60.2 Å². The molecule has 0 aliphatic rings. The van der Waals surface area contributed by atoms with E-state index in [1.807, 2.05) is 48.5 Å². The Morgan fingerprint density at radius 2 is 1.67 bits per heavy atom. The van der Waals surface area contributed by atoms with Gasteiger partial charge in [0.2, 0.25) is 0 Å². The summed E-state index contributed by atoms with van der Waals surface area (Å²) in [4.78, 5) is -0.472. The number of hydrogen-bond donors (Lipinski definition) is 0. The van der Waals surface area contributed by atoms with Crippen LogP contribution in [-0.2, 0) is 0 Å². The van der Waals surface area contributed by atoms with Crippen LogP contribution < -0.4 is 0 Å². The summed E-state index contributed by atoms with van der Waals surface area (Å²) in [6.07, 6.45) is 0. The zero-order chi connectivity index (χ0) is 10.7. The fourth-order valence-corrected chi connectivity index (χ4v) is 1.70. The van der Waals surface area contributed by atoms with Gasteiger partial charge in [0.15, 0.2) is 0 Å². The molecule has 0 aliphatic carbocycles. The van der Waals surface area contributed by atoms with Crippen molar-refractivity contribution in [1.82, 2.24) is 0 Å². The van der Waals surface area contributed by atoms with E-state index >= 15 is 0 Å². The van der Waals surface area contributed by atoms with E-state index in [-0.39, 0.29) is 0 Å². The third-order valence-electron chi connectivity index (χ3n) is 2.19. The first-order chi connectivity index (χ1) is 7.27. The van der Waals surface area contributed by atoms with Gasteiger partial charge in [-0.05, 0) is 28.8 Å². The maximum Gasteiger partial charge on any atom is 0.132 e. The van der Waals surface area contributed by atoms with E-state index in [4.69, 9.17) is 23.2 Å². The van der Waals surface area contributed by atoms with Crippen molar-refractivity contribution >= 4 is 23.2 Å². The van der Waals surface area contributed by atoms with Crippen LogP contribution in [-0.4, -0.2) is 0 Å². The van der Waals surface area contributed by atoms with Crippen LogP contribution in [0.3, 0.4) is 0 Å². The van der Waals surface area contributed by atoms with Gasteiger partial charge in [0.1, 0.15) is 4.84 Å². The summed E-state index contributed by atoms with van der Waals surface area (Å²) in [7, 11) is 0. The molecule has 0 atom stereocenters. The van der Waals surface area contributed by atoms with Gasteiger partial charge in [-0.15, -0.1) is 23.2 Å². The van der Waals surface area contributed by atoms with E-state index in [2.05, 4.69) is 6.07 Å². The van der Waals surface area contributed by atoms with Crippen molar-refractivity contribution in [2.24, 2.45) is 0 Å². The van der Waals surface area contributed by atoms with Crippen LogP contribution in [0.15, 0.2) is 48.5 Å². The molecule has 75 valence electrons. The molecule has 0 amide bonds. The predicted octanol–water partition coefficient (Wildman–Crippen LogP) is 4.63. The van der Waals surface area contributed by atoms with E-state index in [1.165, 1.54) is 0 Å². The molecule has 0 heterocycles. The molecule has 0 aromatic heterocycles. The van der Waals surface area contributed by atoms with Crippen molar-refractivity contribution in [2.75, 3.05) is 0 Å². The molecular formula is C13H9Cl2. The molecule has 2 heteroatoms. The first kappa shape index (κ1) is 10.5. The number of halogens is 2. The van der Waals surface area contributed by atoms with E-state index in [1.54, 1.807) is 0 Å². The molecule has 0 N–H and O–H groups in total. The maximum atomic E-state index is 5.82. The second-order valence-electron chi connectivity index (χ2n) is 3.21. The van der Waals surface area contributed by atoms with Crippen molar-refractivity contribution in [1.29, 1.82) is 0 Å². The van der Waals surface area contributed by atoms with Crippen LogP contribution in [0, 0.1) is 6.07 Å². The highest BCUT2D eigenvalue weighted by Crippen LogP contribution is 2.28. The molecule has 0 unspecified atom stereocenters. The largest absolute Gasteiger partial charge is 0.132 e. The van der Waals surface area contributed by atoms with Gasteiger partial charge < -0.3 is 0 Å². The molecule has 0 saturated carbocycles. The zero-order valence-corrected chi connectivity index (χ0v) is 9.46. The van der Waals surface area contributed by atoms with Crippen molar-refractivity contribution in [3.63, 3.8) is 0 Å². The van der Waals surface area contributed by atoms with Gasteiger partial charge in [0, 0.05) is 0 Å². The smallest absolute Gasteiger partial charge is 0.100 e. The van der Waals surface area contributed by atoms with Crippen molar-refractivity contribution in [3.8, 4) is 11.1 Å². The van der Waals surface area contributed by atoms with Crippen LogP contribution in [0.2, 0.25) is 0 Å². The van der Waals surface area contributed by atoms with Crippen molar-refractivity contribution < 1.29 is 0 Å². The summed E-state index contributed by atoms with van der Waals surface area (Å²) < 4.78 is 0. The van der Waals surface area contributed by atoms with Gasteiger partial charge in [-0.2, -0.15) is 0 Å². The Hall–Kier alpha value is -0.980. The molecule has 0 aliphatic heterocycles. The lowest BCUT2D eigenvalue weighted by Gasteiger charge is -2.05. The van der Waals surface area contributed by atoms with E-state index in [0.29, 0.717) is 0 Å². The molecular weight excluding hydrogens is 227 g/mol. The molecule has 0 spiro atoms. The lowest BCUT2D eigenvalue weighted by molar-refractivity contribution is 1.35. The number of benzene rings is 2. The summed E-state index contributed by atoms with van der Waals surface area (Å²) in [6.45, 7) is 0. The zero-order valence-electron chi connectivity index (χ0n) is 7.95. The monoisotopic (exact) mass is 235 g/mol. The topological polar surface area (TPSA) is 0 Å². The third-order valence-corrected chi connectivity index (χ3v) is 2.69. The fraction of sp³-hybridized carbons (Fsp3) is 0.0769. The lowest BCUT2D eigenvalue weighted by atomic mass is 10.0. The van der Waals surface area contributed by atoms with Gasteiger partial charge in [0.25, 0.3) is 0 Å². The minimum Gasteiger partial charge on any atom is -0.100 e. The summed E-state index contributed by atoms with van der Waals surface area (Å²) >= 11 is 11.6. The highest BCUT2D eigenvalue weighted by molar-refractivity contribution is 6.44. The van der Waals surface area contributed by atoms with Crippen LogP contribution in [0.5, 0.6) is 0 Å². The molecule has 1 radical (unpaired) electrons. The summed E-state index contributed by atoms with van der Waals surface area (Å²) in [6, 6.07) is 18.7. The Morgan fingerprint density at radius 1 is 0.933 bits per heavy atom. The second-order valence-corrected chi connectivity index (χ2v) is 4.31. The first-order valence-corrected chi connectivity index (χ1v) is 5.49. The van der Waals surface area contributed by atoms with Gasteiger partial charge in [-0.1, -0.05) is 42.5 Å². The third kappa shape index (κ3) is 2.53. The lowest BCUT2D eigenvalue weighted by Crippen LogP contribution is -1.83. The predicted molar refractivity (Wildman–Crippen MR) is 65.2 cm³/mol. The quantitative estimate of drug-likeness (QED) is 0.667. The molecule has 2 aromatic rings. The fourth-order valence-electron chi connectivity index (χ4n) is 1.43. The Balaban J connectivity index is 2.42. The number of rotatable bonds is 2. The maximum absolute atomic E-state index is 5.82. The van der Waals surface area contributed by atoms with Gasteiger partial charge in [-0.25, -0.2) is 0 Å². The van der Waals surface area contributed by atoms with E-state index < -0.39 is 4.84 Å². The van der Waals surface area contributed by atoms with E-state index in [0.717, 1.165) is 16.7 Å². The molecule has 0 bridgehead atoms. The Kier molecular flexibility index (Phi) is 3.30. The summed E-state index contributed by atoms with van der Waals surface area (Å²) in [5, 5.41) is 0.